The Morgan fingerprint density at radius 1 is 1.00 bits per heavy atom. The van der Waals surface area contributed by atoms with Gasteiger partial charge in [-0.15, -0.1) is 0 Å². The van der Waals surface area contributed by atoms with E-state index in [1.54, 1.807) is 0 Å². The molecule has 2 aromatic carbocycles. The van der Waals surface area contributed by atoms with Crippen LogP contribution in [-0.4, -0.2) is 7.05 Å². The Morgan fingerprint density at radius 3 is 2.35 bits per heavy atom. The largest absolute Gasteiger partial charge is 0.313 e. The lowest BCUT2D eigenvalue weighted by Gasteiger charge is -2.18. The highest BCUT2D eigenvalue weighted by atomic mass is 35.5. The normalized spacial score (nSPS) is 12.4. The summed E-state index contributed by atoms with van der Waals surface area (Å²) >= 11 is 12.5. The van der Waals surface area contributed by atoms with Gasteiger partial charge in [-0.1, -0.05) is 47.5 Å². The smallest absolute Gasteiger partial charge is 0.0441 e. The molecule has 0 spiro atoms. The first-order valence-electron chi connectivity index (χ1n) is 6.69. The summed E-state index contributed by atoms with van der Waals surface area (Å²) in [6, 6.07) is 12.6. The molecule has 1 atom stereocenters. The Bertz CT molecular complexity index is 608. The van der Waals surface area contributed by atoms with E-state index in [1.165, 1.54) is 11.1 Å². The molecule has 0 saturated carbocycles. The second-order valence-corrected chi connectivity index (χ2v) is 5.96. The van der Waals surface area contributed by atoms with Gasteiger partial charge >= 0.3 is 0 Å². The first-order chi connectivity index (χ1) is 9.51. The van der Waals surface area contributed by atoms with Gasteiger partial charge in [0, 0.05) is 16.1 Å². The summed E-state index contributed by atoms with van der Waals surface area (Å²) in [5.41, 5.74) is 4.60. The molecular weight excluding hydrogens is 289 g/mol. The lowest BCUT2D eigenvalue weighted by Crippen LogP contribution is -2.19. The minimum Gasteiger partial charge on any atom is -0.313 e. The molecule has 20 heavy (non-hydrogen) atoms. The summed E-state index contributed by atoms with van der Waals surface area (Å²) in [5, 5.41) is 4.96. The molecule has 1 unspecified atom stereocenters. The third kappa shape index (κ3) is 3.54. The third-order valence-corrected chi connectivity index (χ3v) is 4.34. The van der Waals surface area contributed by atoms with E-state index in [0.29, 0.717) is 0 Å². The number of hydrogen-bond acceptors (Lipinski definition) is 1. The van der Waals surface area contributed by atoms with Crippen molar-refractivity contribution in [3.05, 3.63) is 68.7 Å². The van der Waals surface area contributed by atoms with Gasteiger partial charge in [-0.05, 0) is 61.7 Å². The van der Waals surface area contributed by atoms with Crippen LogP contribution in [-0.2, 0) is 6.42 Å². The van der Waals surface area contributed by atoms with E-state index in [-0.39, 0.29) is 6.04 Å². The number of halogens is 2. The van der Waals surface area contributed by atoms with E-state index in [2.05, 4.69) is 29.6 Å². The molecule has 0 fully saturated rings. The van der Waals surface area contributed by atoms with Crippen molar-refractivity contribution in [3.63, 3.8) is 0 Å². The summed E-state index contributed by atoms with van der Waals surface area (Å²) < 4.78 is 0. The van der Waals surface area contributed by atoms with E-state index < -0.39 is 0 Å². The van der Waals surface area contributed by atoms with E-state index in [9.17, 15) is 0 Å². The average molecular weight is 308 g/mol. The van der Waals surface area contributed by atoms with Crippen LogP contribution in [0.3, 0.4) is 0 Å². The van der Waals surface area contributed by atoms with Crippen molar-refractivity contribution in [3.8, 4) is 0 Å². The van der Waals surface area contributed by atoms with Crippen LogP contribution < -0.4 is 5.32 Å². The van der Waals surface area contributed by atoms with Gasteiger partial charge in [0.2, 0.25) is 0 Å². The molecule has 1 nitrogen and oxygen atoms in total. The Balaban J connectivity index is 2.26. The molecule has 106 valence electrons. The summed E-state index contributed by atoms with van der Waals surface area (Å²) in [7, 11) is 1.96. The van der Waals surface area contributed by atoms with Crippen molar-refractivity contribution >= 4 is 23.2 Å². The molecule has 0 heterocycles. The second-order valence-electron chi connectivity index (χ2n) is 5.15. The van der Waals surface area contributed by atoms with Gasteiger partial charge in [0.25, 0.3) is 0 Å². The SMILES string of the molecule is CNC(Cc1ccc(C)cc1Cl)c1ccc(C)c(Cl)c1. The van der Waals surface area contributed by atoms with Crippen LogP contribution in [0.25, 0.3) is 0 Å². The summed E-state index contributed by atoms with van der Waals surface area (Å²) in [6.45, 7) is 4.06. The molecule has 0 aromatic heterocycles. The average Bonchev–Trinajstić information content (AvgIpc) is 2.41. The molecule has 0 radical (unpaired) electrons. The molecule has 0 aliphatic carbocycles. The maximum absolute atomic E-state index is 6.32. The summed E-state index contributed by atoms with van der Waals surface area (Å²) in [6.07, 6.45) is 0.842. The molecule has 0 bridgehead atoms. The predicted octanol–water partition coefficient (Wildman–Crippen LogP) is 5.11. The van der Waals surface area contributed by atoms with Crippen molar-refractivity contribution in [2.75, 3.05) is 7.05 Å². The van der Waals surface area contributed by atoms with Crippen molar-refractivity contribution in [1.29, 1.82) is 0 Å². The van der Waals surface area contributed by atoms with Crippen LogP contribution >= 0.6 is 23.2 Å². The first kappa shape index (κ1) is 15.4. The predicted molar refractivity (Wildman–Crippen MR) is 87.9 cm³/mol. The van der Waals surface area contributed by atoms with Crippen LogP contribution in [0.4, 0.5) is 0 Å². The fourth-order valence-corrected chi connectivity index (χ4v) is 2.75. The van der Waals surface area contributed by atoms with Crippen molar-refractivity contribution in [2.45, 2.75) is 26.3 Å². The van der Waals surface area contributed by atoms with E-state index in [4.69, 9.17) is 23.2 Å². The number of hydrogen-bond donors (Lipinski definition) is 1. The lowest BCUT2D eigenvalue weighted by molar-refractivity contribution is 0.592. The molecule has 0 saturated heterocycles. The van der Waals surface area contributed by atoms with E-state index in [1.807, 2.05) is 33.0 Å². The standard InChI is InChI=1S/C17H19Cl2N/c1-11-4-6-13(16(19)8-11)10-17(20-3)14-7-5-12(2)15(18)9-14/h4-9,17,20H,10H2,1-3H3. The Morgan fingerprint density at radius 2 is 1.75 bits per heavy atom. The van der Waals surface area contributed by atoms with Gasteiger partial charge in [-0.3, -0.25) is 0 Å². The minimum atomic E-state index is 0.202. The highest BCUT2D eigenvalue weighted by Crippen LogP contribution is 2.27. The molecular formula is C17H19Cl2N. The molecule has 2 rings (SSSR count). The monoisotopic (exact) mass is 307 g/mol. The van der Waals surface area contributed by atoms with Gasteiger partial charge in [0.15, 0.2) is 0 Å². The Labute approximate surface area is 130 Å². The maximum atomic E-state index is 6.32. The van der Waals surface area contributed by atoms with Crippen LogP contribution in [0, 0.1) is 13.8 Å². The van der Waals surface area contributed by atoms with Crippen LogP contribution in [0.1, 0.15) is 28.3 Å². The summed E-state index contributed by atoms with van der Waals surface area (Å²) in [4.78, 5) is 0. The van der Waals surface area contributed by atoms with Gasteiger partial charge in [0.1, 0.15) is 0 Å². The fourth-order valence-electron chi connectivity index (χ4n) is 2.25. The zero-order chi connectivity index (χ0) is 14.7. The Hall–Kier alpha value is -1.02. The fraction of sp³-hybridized carbons (Fsp3) is 0.294. The first-order valence-corrected chi connectivity index (χ1v) is 7.45. The lowest BCUT2D eigenvalue weighted by atomic mass is 9.97. The number of benzene rings is 2. The van der Waals surface area contributed by atoms with Gasteiger partial charge in [-0.2, -0.15) is 0 Å². The Kier molecular flexibility index (Phi) is 5.09. The molecule has 1 N–H and O–H groups in total. The van der Waals surface area contributed by atoms with Crippen LogP contribution in [0.2, 0.25) is 10.0 Å². The second kappa shape index (κ2) is 6.62. The van der Waals surface area contributed by atoms with Gasteiger partial charge in [-0.25, -0.2) is 0 Å². The highest BCUT2D eigenvalue weighted by molar-refractivity contribution is 6.31. The topological polar surface area (TPSA) is 12.0 Å². The zero-order valence-corrected chi connectivity index (χ0v) is 13.5. The number of likely N-dealkylation sites (N-methyl/N-ethyl adjacent to an activating group) is 1. The van der Waals surface area contributed by atoms with E-state index >= 15 is 0 Å². The molecule has 2 aromatic rings. The number of rotatable bonds is 4. The van der Waals surface area contributed by atoms with Gasteiger partial charge < -0.3 is 5.32 Å². The molecule has 3 heteroatoms. The minimum absolute atomic E-state index is 0.202. The van der Waals surface area contributed by atoms with Crippen molar-refractivity contribution < 1.29 is 0 Å². The zero-order valence-electron chi connectivity index (χ0n) is 12.0. The molecule has 0 aliphatic rings. The maximum Gasteiger partial charge on any atom is 0.0441 e. The third-order valence-electron chi connectivity index (χ3n) is 3.58. The molecule has 0 amide bonds. The van der Waals surface area contributed by atoms with Gasteiger partial charge in [0.05, 0.1) is 0 Å². The van der Waals surface area contributed by atoms with Crippen LogP contribution in [0.15, 0.2) is 36.4 Å². The summed E-state index contributed by atoms with van der Waals surface area (Å²) in [5.74, 6) is 0. The molecule has 0 aliphatic heterocycles. The quantitative estimate of drug-likeness (QED) is 0.827. The number of aryl methyl sites for hydroxylation is 2. The van der Waals surface area contributed by atoms with E-state index in [0.717, 1.165) is 27.6 Å². The number of nitrogens with one attached hydrogen (secondary N) is 1. The van der Waals surface area contributed by atoms with Crippen molar-refractivity contribution in [2.24, 2.45) is 0 Å². The highest BCUT2D eigenvalue weighted by Gasteiger charge is 2.13. The van der Waals surface area contributed by atoms with Crippen LogP contribution in [0.5, 0.6) is 0 Å². The van der Waals surface area contributed by atoms with Crippen molar-refractivity contribution in [1.82, 2.24) is 5.32 Å².